The monoisotopic (exact) mass is 369 g/mol. The number of thiazole rings is 1. The number of allylic oxidation sites excluding steroid dienone is 1. The van der Waals surface area contributed by atoms with Crippen molar-refractivity contribution in [2.24, 2.45) is 0 Å². The summed E-state index contributed by atoms with van der Waals surface area (Å²) >= 11 is 7.75. The fraction of sp³-hybridized carbons (Fsp3) is 0.200. The molecular formula is C20H20ClN3S. The van der Waals surface area contributed by atoms with Gasteiger partial charge in [-0.05, 0) is 36.0 Å². The Morgan fingerprint density at radius 3 is 2.48 bits per heavy atom. The van der Waals surface area contributed by atoms with Crippen LogP contribution in [0.25, 0.3) is 10.6 Å². The maximum Gasteiger partial charge on any atom is 0.124 e. The van der Waals surface area contributed by atoms with E-state index in [4.69, 9.17) is 16.6 Å². The Kier molecular flexibility index (Phi) is 5.84. The van der Waals surface area contributed by atoms with Gasteiger partial charge in [-0.25, -0.2) is 4.98 Å². The lowest BCUT2D eigenvalue weighted by molar-refractivity contribution is 0.562. The SMILES string of the molecule is CN(C)/C=C/Cc1sc(-c2ccncc2)nc1Cc1ccc(Cl)cc1. The maximum atomic E-state index is 5.99. The van der Waals surface area contributed by atoms with Crippen molar-refractivity contribution in [2.45, 2.75) is 12.8 Å². The number of nitrogens with zero attached hydrogens (tertiary/aromatic N) is 3. The predicted molar refractivity (Wildman–Crippen MR) is 106 cm³/mol. The molecule has 0 atom stereocenters. The Bertz CT molecular complexity index is 839. The number of aromatic nitrogens is 2. The highest BCUT2D eigenvalue weighted by Crippen LogP contribution is 2.30. The Hall–Kier alpha value is -2.17. The van der Waals surface area contributed by atoms with E-state index >= 15 is 0 Å². The van der Waals surface area contributed by atoms with E-state index in [1.54, 1.807) is 23.7 Å². The van der Waals surface area contributed by atoms with Gasteiger partial charge in [-0.1, -0.05) is 29.8 Å². The average Bonchev–Trinajstić information content (AvgIpc) is 3.00. The van der Waals surface area contributed by atoms with Gasteiger partial charge in [-0.2, -0.15) is 0 Å². The summed E-state index contributed by atoms with van der Waals surface area (Å²) in [6.07, 6.45) is 9.56. The Balaban J connectivity index is 1.90. The first-order chi connectivity index (χ1) is 12.1. The quantitative estimate of drug-likeness (QED) is 0.607. The zero-order valence-electron chi connectivity index (χ0n) is 14.3. The van der Waals surface area contributed by atoms with Crippen LogP contribution in [0.4, 0.5) is 0 Å². The number of hydrogen-bond donors (Lipinski definition) is 0. The highest BCUT2D eigenvalue weighted by atomic mass is 35.5. The molecule has 0 saturated carbocycles. The molecule has 0 amide bonds. The normalized spacial score (nSPS) is 11.2. The highest BCUT2D eigenvalue weighted by Gasteiger charge is 2.12. The van der Waals surface area contributed by atoms with Crippen LogP contribution in [-0.4, -0.2) is 29.0 Å². The highest BCUT2D eigenvalue weighted by molar-refractivity contribution is 7.15. The van der Waals surface area contributed by atoms with E-state index in [0.29, 0.717) is 0 Å². The molecule has 0 saturated heterocycles. The van der Waals surface area contributed by atoms with Gasteiger partial charge in [0.15, 0.2) is 0 Å². The molecule has 0 spiro atoms. The van der Waals surface area contributed by atoms with Gasteiger partial charge in [-0.15, -0.1) is 11.3 Å². The minimum atomic E-state index is 0.758. The van der Waals surface area contributed by atoms with E-state index in [-0.39, 0.29) is 0 Å². The van der Waals surface area contributed by atoms with Crippen LogP contribution in [0, 0.1) is 0 Å². The molecule has 0 aliphatic rings. The van der Waals surface area contributed by atoms with Crippen LogP contribution in [0.3, 0.4) is 0 Å². The zero-order valence-corrected chi connectivity index (χ0v) is 15.9. The maximum absolute atomic E-state index is 5.99. The molecule has 0 radical (unpaired) electrons. The summed E-state index contributed by atoms with van der Waals surface area (Å²) in [7, 11) is 4.06. The third-order valence-corrected chi connectivity index (χ3v) is 5.12. The molecule has 3 rings (SSSR count). The largest absolute Gasteiger partial charge is 0.384 e. The second-order valence-corrected chi connectivity index (χ2v) is 7.50. The van der Waals surface area contributed by atoms with Crippen LogP contribution < -0.4 is 0 Å². The molecule has 0 aliphatic heterocycles. The fourth-order valence-corrected chi connectivity index (χ4v) is 3.65. The molecule has 25 heavy (non-hydrogen) atoms. The number of rotatable bonds is 6. The first kappa shape index (κ1) is 17.6. The van der Waals surface area contributed by atoms with E-state index in [0.717, 1.165) is 34.1 Å². The third kappa shape index (κ3) is 4.91. The van der Waals surface area contributed by atoms with Crippen LogP contribution in [0.1, 0.15) is 16.1 Å². The molecule has 3 nitrogen and oxygen atoms in total. The van der Waals surface area contributed by atoms with Crippen LogP contribution >= 0.6 is 22.9 Å². The van der Waals surface area contributed by atoms with Gasteiger partial charge in [0.2, 0.25) is 0 Å². The van der Waals surface area contributed by atoms with Gasteiger partial charge in [0, 0.05) is 54.8 Å². The topological polar surface area (TPSA) is 29.0 Å². The second kappa shape index (κ2) is 8.28. The molecule has 2 heterocycles. The molecule has 0 aliphatic carbocycles. The Morgan fingerprint density at radius 1 is 1.08 bits per heavy atom. The van der Waals surface area contributed by atoms with Gasteiger partial charge in [-0.3, -0.25) is 4.98 Å². The van der Waals surface area contributed by atoms with E-state index in [9.17, 15) is 0 Å². The first-order valence-electron chi connectivity index (χ1n) is 8.08. The number of benzene rings is 1. The molecule has 2 aromatic heterocycles. The first-order valence-corrected chi connectivity index (χ1v) is 9.28. The van der Waals surface area contributed by atoms with Crippen molar-refractivity contribution in [3.8, 4) is 10.6 Å². The minimum absolute atomic E-state index is 0.758. The predicted octanol–water partition coefficient (Wildman–Crippen LogP) is 5.07. The van der Waals surface area contributed by atoms with Gasteiger partial charge in [0.1, 0.15) is 5.01 Å². The summed E-state index contributed by atoms with van der Waals surface area (Å²) in [5.74, 6) is 0. The standard InChI is InChI=1S/C20H20ClN3S/c1-24(2)13-3-4-19-18(14-15-5-7-17(21)8-6-15)23-20(25-19)16-9-11-22-12-10-16/h3,5-13H,4,14H2,1-2H3/b13-3+. The van der Waals surface area contributed by atoms with Crippen molar-refractivity contribution < 1.29 is 0 Å². The van der Waals surface area contributed by atoms with Gasteiger partial charge >= 0.3 is 0 Å². The third-order valence-electron chi connectivity index (χ3n) is 3.70. The van der Waals surface area contributed by atoms with Crippen LogP contribution in [0.5, 0.6) is 0 Å². The number of hydrogen-bond acceptors (Lipinski definition) is 4. The summed E-state index contributed by atoms with van der Waals surface area (Å²) in [5, 5.41) is 1.80. The van der Waals surface area contributed by atoms with E-state index in [1.165, 1.54) is 10.4 Å². The molecule has 1 aromatic carbocycles. The summed E-state index contributed by atoms with van der Waals surface area (Å²) in [5.41, 5.74) is 3.46. The summed E-state index contributed by atoms with van der Waals surface area (Å²) in [6, 6.07) is 12.0. The molecule has 3 aromatic rings. The molecule has 5 heteroatoms. The van der Waals surface area contributed by atoms with E-state index in [2.05, 4.69) is 29.4 Å². The van der Waals surface area contributed by atoms with Crippen LogP contribution in [-0.2, 0) is 12.8 Å². The van der Waals surface area contributed by atoms with Gasteiger partial charge in [0.25, 0.3) is 0 Å². The van der Waals surface area contributed by atoms with Gasteiger partial charge in [0.05, 0.1) is 5.69 Å². The molecule has 0 N–H and O–H groups in total. The lowest BCUT2D eigenvalue weighted by atomic mass is 10.1. The zero-order chi connectivity index (χ0) is 17.6. The Morgan fingerprint density at radius 2 is 1.80 bits per heavy atom. The van der Waals surface area contributed by atoms with Crippen molar-refractivity contribution in [1.82, 2.24) is 14.9 Å². The molecule has 128 valence electrons. The van der Waals surface area contributed by atoms with Crippen LogP contribution in [0.2, 0.25) is 5.02 Å². The van der Waals surface area contributed by atoms with Crippen molar-refractivity contribution in [2.75, 3.05) is 14.1 Å². The van der Waals surface area contributed by atoms with E-state index in [1.807, 2.05) is 43.3 Å². The minimum Gasteiger partial charge on any atom is -0.384 e. The van der Waals surface area contributed by atoms with Crippen LogP contribution in [0.15, 0.2) is 61.1 Å². The molecule has 0 unspecified atom stereocenters. The summed E-state index contributed by atoms with van der Waals surface area (Å²) in [6.45, 7) is 0. The molecular weight excluding hydrogens is 350 g/mol. The second-order valence-electron chi connectivity index (χ2n) is 5.98. The molecule has 0 fully saturated rings. The summed E-state index contributed by atoms with van der Waals surface area (Å²) in [4.78, 5) is 12.3. The summed E-state index contributed by atoms with van der Waals surface area (Å²) < 4.78 is 0. The van der Waals surface area contributed by atoms with Crippen molar-refractivity contribution in [3.63, 3.8) is 0 Å². The smallest absolute Gasteiger partial charge is 0.124 e. The number of halogens is 1. The van der Waals surface area contributed by atoms with Gasteiger partial charge < -0.3 is 4.90 Å². The lowest BCUT2D eigenvalue weighted by Gasteiger charge is -2.04. The molecule has 0 bridgehead atoms. The number of pyridine rings is 1. The fourth-order valence-electron chi connectivity index (χ4n) is 2.47. The Labute approximate surface area is 157 Å². The van der Waals surface area contributed by atoms with Crippen molar-refractivity contribution >= 4 is 22.9 Å². The van der Waals surface area contributed by atoms with Crippen molar-refractivity contribution in [3.05, 3.63) is 82.2 Å². The van der Waals surface area contributed by atoms with E-state index < -0.39 is 0 Å². The lowest BCUT2D eigenvalue weighted by Crippen LogP contribution is -2.00. The average molecular weight is 370 g/mol. The van der Waals surface area contributed by atoms with Crippen molar-refractivity contribution in [1.29, 1.82) is 0 Å².